The average Bonchev–Trinajstić information content (AvgIpc) is 3.21. The molecule has 0 amide bonds. The quantitative estimate of drug-likeness (QED) is 0.101. The number of benzene rings is 6. The summed E-state index contributed by atoms with van der Waals surface area (Å²) in [6, 6.07) is 50.6. The van der Waals surface area contributed by atoms with E-state index in [0.29, 0.717) is 62.5 Å². The van der Waals surface area contributed by atoms with Crippen LogP contribution >= 0.6 is 0 Å². The Morgan fingerprint density at radius 2 is 1.02 bits per heavy atom. The van der Waals surface area contributed by atoms with Crippen molar-refractivity contribution in [3.05, 3.63) is 185 Å². The molecule has 2 atom stereocenters. The van der Waals surface area contributed by atoms with Crippen molar-refractivity contribution >= 4 is 0 Å². The van der Waals surface area contributed by atoms with Crippen molar-refractivity contribution in [2.75, 3.05) is 6.61 Å². The first-order valence-electron chi connectivity index (χ1n) is 18.0. The minimum atomic E-state index is -0.410. The fourth-order valence-electron chi connectivity index (χ4n) is 6.21. The fourth-order valence-corrected chi connectivity index (χ4v) is 6.21. The van der Waals surface area contributed by atoms with E-state index in [2.05, 4.69) is 61.5 Å². The number of ether oxygens (including phenoxy) is 6. The van der Waals surface area contributed by atoms with Crippen LogP contribution in [0.15, 0.2) is 152 Å². The maximum absolute atomic E-state index is 6.92. The first kappa shape index (κ1) is 34.7. The molecule has 0 fully saturated rings. The molecule has 0 aromatic heterocycles. The summed E-state index contributed by atoms with van der Waals surface area (Å²) in [4.78, 5) is 0. The first-order chi connectivity index (χ1) is 25.7. The molecule has 0 N–H and O–H groups in total. The lowest BCUT2D eigenvalue weighted by atomic mass is 9.93. The third-order valence-corrected chi connectivity index (χ3v) is 8.93. The molecule has 52 heavy (non-hydrogen) atoms. The highest BCUT2D eigenvalue weighted by atomic mass is 16.5. The summed E-state index contributed by atoms with van der Waals surface area (Å²) < 4.78 is 39.1. The van der Waals surface area contributed by atoms with E-state index in [9.17, 15) is 0 Å². The maximum atomic E-state index is 6.92. The van der Waals surface area contributed by atoms with Crippen LogP contribution in [0.4, 0.5) is 0 Å². The van der Waals surface area contributed by atoms with Crippen molar-refractivity contribution in [3.8, 4) is 28.7 Å². The van der Waals surface area contributed by atoms with Gasteiger partial charge in [-0.3, -0.25) is 0 Å². The molecule has 6 aromatic rings. The SMILES string of the molecule is CCCO[C@H]1Cc2c(OCc3ccccc3)cc(OCc3ccccc3)cc2O[C@@H]1c1ccc(OCc2ccccc2)c(OCc2ccccc2)c1. The summed E-state index contributed by atoms with van der Waals surface area (Å²) in [5, 5.41) is 0. The zero-order chi connectivity index (χ0) is 35.4. The topological polar surface area (TPSA) is 55.4 Å². The summed E-state index contributed by atoms with van der Waals surface area (Å²) in [5.41, 5.74) is 6.21. The summed E-state index contributed by atoms with van der Waals surface area (Å²) in [5.74, 6) is 3.43. The predicted octanol–water partition coefficient (Wildman–Crippen LogP) is 10.5. The predicted molar refractivity (Wildman–Crippen MR) is 203 cm³/mol. The molecule has 0 saturated heterocycles. The van der Waals surface area contributed by atoms with Crippen LogP contribution in [0.1, 0.15) is 52.8 Å². The van der Waals surface area contributed by atoms with E-state index in [1.165, 1.54) is 0 Å². The molecule has 0 unspecified atom stereocenters. The Hall–Kier alpha value is -5.72. The Kier molecular flexibility index (Phi) is 11.7. The first-order valence-corrected chi connectivity index (χ1v) is 18.0. The Morgan fingerprint density at radius 3 is 1.56 bits per heavy atom. The Balaban J connectivity index is 1.20. The molecule has 1 heterocycles. The third-order valence-electron chi connectivity index (χ3n) is 8.93. The van der Waals surface area contributed by atoms with Gasteiger partial charge in [-0.15, -0.1) is 0 Å². The highest BCUT2D eigenvalue weighted by Crippen LogP contribution is 2.45. The summed E-state index contributed by atoms with van der Waals surface area (Å²) in [6.07, 6.45) is 0.820. The number of rotatable bonds is 16. The highest BCUT2D eigenvalue weighted by molar-refractivity contribution is 5.53. The minimum Gasteiger partial charge on any atom is -0.489 e. The van der Waals surface area contributed by atoms with Gasteiger partial charge in [0, 0.05) is 30.7 Å². The molecule has 6 aromatic carbocycles. The van der Waals surface area contributed by atoms with Crippen LogP contribution in [0.3, 0.4) is 0 Å². The Morgan fingerprint density at radius 1 is 0.519 bits per heavy atom. The third kappa shape index (κ3) is 9.14. The smallest absolute Gasteiger partial charge is 0.162 e. The van der Waals surface area contributed by atoms with Crippen LogP contribution in [-0.2, 0) is 37.6 Å². The molecule has 1 aliphatic rings. The van der Waals surface area contributed by atoms with E-state index in [1.54, 1.807) is 0 Å². The lowest BCUT2D eigenvalue weighted by molar-refractivity contribution is -0.0381. The van der Waals surface area contributed by atoms with Gasteiger partial charge in [0.05, 0.1) is 0 Å². The molecule has 0 saturated carbocycles. The Labute approximate surface area is 306 Å². The van der Waals surface area contributed by atoms with Crippen LogP contribution in [0.25, 0.3) is 0 Å². The second-order valence-corrected chi connectivity index (χ2v) is 12.9. The number of hydrogen-bond acceptors (Lipinski definition) is 6. The largest absolute Gasteiger partial charge is 0.489 e. The van der Waals surface area contributed by atoms with Gasteiger partial charge in [0.1, 0.15) is 49.8 Å². The van der Waals surface area contributed by atoms with E-state index >= 15 is 0 Å². The number of fused-ring (bicyclic) bond motifs is 1. The van der Waals surface area contributed by atoms with Gasteiger partial charge in [-0.25, -0.2) is 0 Å². The van der Waals surface area contributed by atoms with Gasteiger partial charge in [0.2, 0.25) is 0 Å². The van der Waals surface area contributed by atoms with Crippen LogP contribution in [0.5, 0.6) is 28.7 Å². The molecular weight excluding hydrogens is 649 g/mol. The van der Waals surface area contributed by atoms with E-state index in [1.807, 2.05) is 97.1 Å². The van der Waals surface area contributed by atoms with Gasteiger partial charge in [-0.1, -0.05) is 134 Å². The summed E-state index contributed by atoms with van der Waals surface area (Å²) in [7, 11) is 0. The molecule has 0 bridgehead atoms. The standard InChI is InChI=1S/C46H44O6/c1-2-25-47-45-29-40-42(50-32-36-19-11-5-12-20-36)27-39(48-30-34-15-7-3-8-16-34)28-43(40)52-46(45)38-23-24-41(49-31-35-17-9-4-10-18-35)44(26-38)51-33-37-21-13-6-14-22-37/h3-24,26-28,45-46H,2,25,29-33H2,1H3/t45-,46+/m0/s1. The molecule has 1 aliphatic heterocycles. The monoisotopic (exact) mass is 692 g/mol. The molecular formula is C46H44O6. The van der Waals surface area contributed by atoms with Crippen LogP contribution < -0.4 is 23.7 Å². The zero-order valence-corrected chi connectivity index (χ0v) is 29.5. The van der Waals surface area contributed by atoms with Crippen LogP contribution in [0.2, 0.25) is 0 Å². The van der Waals surface area contributed by atoms with E-state index in [4.69, 9.17) is 28.4 Å². The number of hydrogen-bond donors (Lipinski definition) is 0. The van der Waals surface area contributed by atoms with Gasteiger partial charge >= 0.3 is 0 Å². The summed E-state index contributed by atoms with van der Waals surface area (Å²) >= 11 is 0. The molecule has 264 valence electrons. The van der Waals surface area contributed by atoms with Gasteiger partial charge in [0.15, 0.2) is 17.6 Å². The van der Waals surface area contributed by atoms with Gasteiger partial charge in [-0.05, 0) is 46.4 Å². The Bertz CT molecular complexity index is 1980. The second kappa shape index (κ2) is 17.5. The van der Waals surface area contributed by atoms with Gasteiger partial charge in [0.25, 0.3) is 0 Å². The average molecular weight is 693 g/mol. The fraction of sp³-hybridized carbons (Fsp3) is 0.217. The van der Waals surface area contributed by atoms with Crippen molar-refractivity contribution in [3.63, 3.8) is 0 Å². The van der Waals surface area contributed by atoms with E-state index in [-0.39, 0.29) is 6.10 Å². The molecule has 0 aliphatic carbocycles. The van der Waals surface area contributed by atoms with Crippen molar-refractivity contribution in [1.29, 1.82) is 0 Å². The summed E-state index contributed by atoms with van der Waals surface area (Å²) in [6.45, 7) is 4.40. The zero-order valence-electron chi connectivity index (χ0n) is 29.5. The molecule has 0 spiro atoms. The van der Waals surface area contributed by atoms with Crippen LogP contribution in [-0.4, -0.2) is 12.7 Å². The van der Waals surface area contributed by atoms with Crippen molar-refractivity contribution < 1.29 is 28.4 Å². The second-order valence-electron chi connectivity index (χ2n) is 12.9. The molecule has 7 rings (SSSR count). The molecule has 6 nitrogen and oxygen atoms in total. The van der Waals surface area contributed by atoms with Crippen molar-refractivity contribution in [1.82, 2.24) is 0 Å². The lowest BCUT2D eigenvalue weighted by Crippen LogP contribution is -2.33. The van der Waals surface area contributed by atoms with Crippen molar-refractivity contribution in [2.24, 2.45) is 0 Å². The minimum absolute atomic E-state index is 0.263. The van der Waals surface area contributed by atoms with E-state index < -0.39 is 6.10 Å². The highest BCUT2D eigenvalue weighted by Gasteiger charge is 2.35. The van der Waals surface area contributed by atoms with Gasteiger partial charge < -0.3 is 28.4 Å². The maximum Gasteiger partial charge on any atom is 0.162 e. The molecule has 0 radical (unpaired) electrons. The van der Waals surface area contributed by atoms with E-state index in [0.717, 1.165) is 45.6 Å². The lowest BCUT2D eigenvalue weighted by Gasteiger charge is -2.35. The van der Waals surface area contributed by atoms with Gasteiger partial charge in [-0.2, -0.15) is 0 Å². The molecule has 6 heteroatoms. The van der Waals surface area contributed by atoms with Crippen molar-refractivity contribution in [2.45, 2.75) is 58.4 Å². The van der Waals surface area contributed by atoms with Crippen LogP contribution in [0, 0.1) is 0 Å². The normalized spacial score (nSPS) is 14.9.